The van der Waals surface area contributed by atoms with Crippen LogP contribution < -0.4 is 5.73 Å². The molecule has 1 aromatic heterocycles. The van der Waals surface area contributed by atoms with Gasteiger partial charge in [-0.25, -0.2) is 9.97 Å². The molecule has 0 spiro atoms. The summed E-state index contributed by atoms with van der Waals surface area (Å²) in [6, 6.07) is 1.93. The first kappa shape index (κ1) is 11.7. The van der Waals surface area contributed by atoms with E-state index in [2.05, 4.69) is 11.9 Å². The lowest BCUT2D eigenvalue weighted by atomic mass is 9.49. The van der Waals surface area contributed by atoms with Crippen molar-refractivity contribution in [3.8, 4) is 0 Å². The summed E-state index contributed by atoms with van der Waals surface area (Å²) in [5.41, 5.74) is 7.38. The molecule has 1 aromatic rings. The van der Waals surface area contributed by atoms with E-state index in [1.54, 1.807) is 0 Å². The van der Waals surface area contributed by atoms with E-state index in [9.17, 15) is 0 Å². The van der Waals surface area contributed by atoms with Gasteiger partial charge in [0, 0.05) is 17.2 Å². The van der Waals surface area contributed by atoms with Gasteiger partial charge >= 0.3 is 0 Å². The van der Waals surface area contributed by atoms with E-state index >= 15 is 0 Å². The Kier molecular flexibility index (Phi) is 2.42. The molecule has 19 heavy (non-hydrogen) atoms. The number of rotatable bonds is 2. The number of aromatic nitrogens is 2. The number of aryl methyl sites for hydroxylation is 1. The highest BCUT2D eigenvalue weighted by Gasteiger charge is 2.53. The Labute approximate surface area is 115 Å². The van der Waals surface area contributed by atoms with Crippen LogP contribution in [0.3, 0.4) is 0 Å². The standard InChI is InChI=1S/C16H23N3/c1-2-13-6-14(17)19-15(18-13)16-7-10-3-11(8-16)5-12(4-10)9-16/h6,10-12H,2-5,7-9H2,1H3,(H2,17,18,19). The minimum absolute atomic E-state index is 0.272. The lowest BCUT2D eigenvalue weighted by Crippen LogP contribution is -2.49. The van der Waals surface area contributed by atoms with E-state index in [0.717, 1.165) is 35.7 Å². The van der Waals surface area contributed by atoms with E-state index in [4.69, 9.17) is 10.7 Å². The number of hydrogen-bond acceptors (Lipinski definition) is 3. The van der Waals surface area contributed by atoms with Crippen molar-refractivity contribution < 1.29 is 0 Å². The summed E-state index contributed by atoms with van der Waals surface area (Å²) in [6.45, 7) is 2.14. The van der Waals surface area contributed by atoms with Gasteiger partial charge in [0.15, 0.2) is 0 Å². The van der Waals surface area contributed by atoms with Gasteiger partial charge in [0.25, 0.3) is 0 Å². The van der Waals surface area contributed by atoms with Crippen molar-refractivity contribution in [1.29, 1.82) is 0 Å². The van der Waals surface area contributed by atoms with Gasteiger partial charge in [0.05, 0.1) is 0 Å². The number of hydrogen-bond donors (Lipinski definition) is 1. The molecular weight excluding hydrogens is 234 g/mol. The van der Waals surface area contributed by atoms with Crippen LogP contribution in [0.15, 0.2) is 6.07 Å². The maximum absolute atomic E-state index is 6.00. The van der Waals surface area contributed by atoms with Gasteiger partial charge in [0.1, 0.15) is 11.6 Å². The second kappa shape index (κ2) is 3.94. The fraction of sp³-hybridized carbons (Fsp3) is 0.750. The predicted molar refractivity (Wildman–Crippen MR) is 75.7 cm³/mol. The smallest absolute Gasteiger partial charge is 0.137 e. The van der Waals surface area contributed by atoms with Crippen LogP contribution >= 0.6 is 0 Å². The zero-order chi connectivity index (χ0) is 13.0. The first-order chi connectivity index (χ1) is 9.17. The normalized spacial score (nSPS) is 39.7. The van der Waals surface area contributed by atoms with Crippen LogP contribution in [0.4, 0.5) is 5.82 Å². The number of nitrogens with two attached hydrogens (primary N) is 1. The maximum Gasteiger partial charge on any atom is 0.137 e. The van der Waals surface area contributed by atoms with E-state index in [1.165, 1.54) is 38.5 Å². The summed E-state index contributed by atoms with van der Waals surface area (Å²) in [6.07, 6.45) is 9.27. The average molecular weight is 257 g/mol. The predicted octanol–water partition coefficient (Wildman–Crippen LogP) is 3.09. The van der Waals surface area contributed by atoms with Gasteiger partial charge in [-0.1, -0.05) is 6.92 Å². The minimum Gasteiger partial charge on any atom is -0.384 e. The van der Waals surface area contributed by atoms with E-state index in [0.29, 0.717) is 5.82 Å². The summed E-state index contributed by atoms with van der Waals surface area (Å²) >= 11 is 0. The molecule has 0 amide bonds. The Morgan fingerprint density at radius 1 is 1.11 bits per heavy atom. The van der Waals surface area contributed by atoms with Crippen LogP contribution in [-0.2, 0) is 11.8 Å². The molecule has 4 aliphatic carbocycles. The van der Waals surface area contributed by atoms with Crippen molar-refractivity contribution in [1.82, 2.24) is 9.97 Å². The summed E-state index contributed by atoms with van der Waals surface area (Å²) in [7, 11) is 0. The topological polar surface area (TPSA) is 51.8 Å². The van der Waals surface area contributed by atoms with Crippen molar-refractivity contribution >= 4 is 5.82 Å². The van der Waals surface area contributed by atoms with E-state index < -0.39 is 0 Å². The number of anilines is 1. The molecule has 1 heterocycles. The zero-order valence-electron chi connectivity index (χ0n) is 11.7. The Bertz CT molecular complexity index is 473. The second-order valence-electron chi connectivity index (χ2n) is 7.16. The summed E-state index contributed by atoms with van der Waals surface area (Å²) < 4.78 is 0. The molecular formula is C16H23N3. The first-order valence-corrected chi connectivity index (χ1v) is 7.81. The summed E-state index contributed by atoms with van der Waals surface area (Å²) in [5, 5.41) is 0. The fourth-order valence-electron chi connectivity index (χ4n) is 5.32. The zero-order valence-corrected chi connectivity index (χ0v) is 11.7. The third-order valence-corrected chi connectivity index (χ3v) is 5.67. The molecule has 0 saturated heterocycles. The molecule has 0 aliphatic heterocycles. The molecule has 3 nitrogen and oxygen atoms in total. The van der Waals surface area contributed by atoms with Crippen LogP contribution in [-0.4, -0.2) is 9.97 Å². The Hall–Kier alpha value is -1.12. The lowest BCUT2D eigenvalue weighted by molar-refractivity contribution is -0.00941. The summed E-state index contributed by atoms with van der Waals surface area (Å²) in [5.74, 6) is 4.53. The van der Waals surface area contributed by atoms with Crippen LogP contribution in [0.2, 0.25) is 0 Å². The largest absolute Gasteiger partial charge is 0.384 e. The molecule has 4 bridgehead atoms. The van der Waals surface area contributed by atoms with Crippen LogP contribution in [0.1, 0.15) is 57.0 Å². The van der Waals surface area contributed by atoms with Gasteiger partial charge < -0.3 is 5.73 Å². The average Bonchev–Trinajstić information content (AvgIpc) is 2.36. The summed E-state index contributed by atoms with van der Waals surface area (Å²) in [4.78, 5) is 9.49. The fourth-order valence-corrected chi connectivity index (χ4v) is 5.32. The van der Waals surface area contributed by atoms with Crippen molar-refractivity contribution in [2.24, 2.45) is 17.8 Å². The van der Waals surface area contributed by atoms with Crippen LogP contribution in [0.25, 0.3) is 0 Å². The third-order valence-electron chi connectivity index (χ3n) is 5.67. The molecule has 5 rings (SSSR count). The highest BCUT2D eigenvalue weighted by molar-refractivity contribution is 5.32. The van der Waals surface area contributed by atoms with E-state index in [-0.39, 0.29) is 5.41 Å². The van der Waals surface area contributed by atoms with Crippen LogP contribution in [0, 0.1) is 17.8 Å². The van der Waals surface area contributed by atoms with Crippen LogP contribution in [0.5, 0.6) is 0 Å². The molecule has 3 heteroatoms. The number of nitrogen functional groups attached to an aromatic ring is 1. The molecule has 102 valence electrons. The maximum atomic E-state index is 6.00. The highest BCUT2D eigenvalue weighted by atomic mass is 15.0. The number of nitrogens with zero attached hydrogens (tertiary/aromatic N) is 2. The first-order valence-electron chi connectivity index (χ1n) is 7.81. The highest BCUT2D eigenvalue weighted by Crippen LogP contribution is 2.60. The van der Waals surface area contributed by atoms with Crippen molar-refractivity contribution in [2.75, 3.05) is 5.73 Å². The van der Waals surface area contributed by atoms with Crippen molar-refractivity contribution in [3.63, 3.8) is 0 Å². The molecule has 4 saturated carbocycles. The van der Waals surface area contributed by atoms with E-state index in [1.807, 2.05) is 6.07 Å². The van der Waals surface area contributed by atoms with Crippen molar-refractivity contribution in [2.45, 2.75) is 57.3 Å². The molecule has 4 aliphatic rings. The monoisotopic (exact) mass is 257 g/mol. The van der Waals surface area contributed by atoms with Gasteiger partial charge in [-0.2, -0.15) is 0 Å². The second-order valence-corrected chi connectivity index (χ2v) is 7.16. The molecule has 4 fully saturated rings. The SMILES string of the molecule is CCc1cc(N)nc(C23CC4CC(CC(C4)C2)C3)n1. The Morgan fingerprint density at radius 3 is 2.21 bits per heavy atom. The molecule has 0 aromatic carbocycles. The molecule has 0 radical (unpaired) electrons. The Morgan fingerprint density at radius 2 is 1.68 bits per heavy atom. The molecule has 0 atom stereocenters. The van der Waals surface area contributed by atoms with Gasteiger partial charge in [-0.05, 0) is 62.7 Å². The third kappa shape index (κ3) is 1.78. The molecule has 0 unspecified atom stereocenters. The quantitative estimate of drug-likeness (QED) is 0.885. The Balaban J connectivity index is 1.77. The van der Waals surface area contributed by atoms with Gasteiger partial charge in [0.2, 0.25) is 0 Å². The lowest BCUT2D eigenvalue weighted by Gasteiger charge is -2.56. The minimum atomic E-state index is 0.272. The molecule has 2 N–H and O–H groups in total. The van der Waals surface area contributed by atoms with Gasteiger partial charge in [-0.15, -0.1) is 0 Å². The van der Waals surface area contributed by atoms with Crippen molar-refractivity contribution in [3.05, 3.63) is 17.6 Å². The van der Waals surface area contributed by atoms with Gasteiger partial charge in [-0.3, -0.25) is 0 Å².